The Hall–Kier alpha value is -3.03. The summed E-state index contributed by atoms with van der Waals surface area (Å²) in [5.74, 6) is -5.41. The molecule has 0 unspecified atom stereocenters. The molecule has 236 valence electrons. The number of hydrogen-bond acceptors (Lipinski definition) is 6. The van der Waals surface area contributed by atoms with Crippen LogP contribution in [-0.4, -0.2) is 81.9 Å². The van der Waals surface area contributed by atoms with E-state index in [4.69, 9.17) is 16.3 Å². The van der Waals surface area contributed by atoms with Crippen LogP contribution in [0, 0.1) is 5.41 Å². The quantitative estimate of drug-likeness (QED) is 0.374. The fraction of sp³-hybridized carbons (Fsp3) is 0.567. The van der Waals surface area contributed by atoms with Gasteiger partial charge in [-0.2, -0.15) is 18.3 Å². The van der Waals surface area contributed by atoms with Crippen LogP contribution in [0.1, 0.15) is 50.8 Å². The first kappa shape index (κ1) is 29.7. The van der Waals surface area contributed by atoms with E-state index in [2.05, 4.69) is 20.3 Å². The molecule has 0 spiro atoms. The van der Waals surface area contributed by atoms with Crippen molar-refractivity contribution < 1.29 is 31.5 Å². The number of nitrogens with zero attached hydrogens (tertiary/aromatic N) is 5. The van der Waals surface area contributed by atoms with Gasteiger partial charge in [-0.15, -0.1) is 0 Å². The molecule has 1 amide bonds. The first-order valence-corrected chi connectivity index (χ1v) is 15.0. The molecule has 3 aliphatic heterocycles. The molecule has 5 atom stereocenters. The number of ether oxygens (including phenoxy) is 1. The number of rotatable bonds is 5. The van der Waals surface area contributed by atoms with Gasteiger partial charge in [0.2, 0.25) is 5.91 Å². The molecule has 3 fully saturated rings. The highest BCUT2D eigenvalue weighted by atomic mass is 35.5. The molecule has 7 rings (SSSR count). The number of hydrogen-bond donors (Lipinski definition) is 1. The first-order valence-electron chi connectivity index (χ1n) is 14.6. The molecule has 0 bridgehead atoms. The van der Waals surface area contributed by atoms with Gasteiger partial charge in [-0.25, -0.2) is 18.3 Å². The standard InChI is InChI=1S/C30H32ClF5N6O2/c1-26(16-44-13-19-5-4-10-41(19)26)14-38-25(43)28(3)23(29(28,32)33)17-6-8-18(9-7-17)40-15-27(2,30(34,35)36)24-20(40)12-37-22-11-21(31)39-42(22)24/h6-9,11-12,19,23H,4-5,10,13-16H2,1-3H3,(H,38,43)/t19-,23+,26+,27+,28-/m0/s1. The summed E-state index contributed by atoms with van der Waals surface area (Å²) in [5.41, 5.74) is -3.91. The summed E-state index contributed by atoms with van der Waals surface area (Å²) in [5, 5.41) is 6.84. The van der Waals surface area contributed by atoms with Gasteiger partial charge in [-0.1, -0.05) is 23.7 Å². The maximum absolute atomic E-state index is 15.4. The van der Waals surface area contributed by atoms with Crippen LogP contribution in [0.15, 0.2) is 36.5 Å². The molecule has 8 nitrogen and oxygen atoms in total. The number of morpholine rings is 1. The molecule has 1 aromatic carbocycles. The molecule has 1 aliphatic carbocycles. The zero-order valence-corrected chi connectivity index (χ0v) is 25.1. The second-order valence-corrected chi connectivity index (χ2v) is 13.6. The van der Waals surface area contributed by atoms with E-state index < -0.39 is 46.8 Å². The Morgan fingerprint density at radius 3 is 2.61 bits per heavy atom. The first-order chi connectivity index (χ1) is 20.6. The van der Waals surface area contributed by atoms with E-state index in [1.54, 1.807) is 0 Å². The average molecular weight is 639 g/mol. The van der Waals surface area contributed by atoms with Crippen molar-refractivity contribution >= 4 is 34.5 Å². The van der Waals surface area contributed by atoms with Gasteiger partial charge in [0, 0.05) is 30.9 Å². The van der Waals surface area contributed by atoms with E-state index in [9.17, 15) is 18.0 Å². The fourth-order valence-electron chi connectivity index (χ4n) is 7.57. The Kier molecular flexibility index (Phi) is 6.40. The van der Waals surface area contributed by atoms with Gasteiger partial charge in [0.1, 0.15) is 10.8 Å². The van der Waals surface area contributed by atoms with Crippen LogP contribution in [0.4, 0.5) is 33.3 Å². The monoisotopic (exact) mass is 638 g/mol. The third-order valence-corrected chi connectivity index (χ3v) is 10.5. The maximum Gasteiger partial charge on any atom is 0.401 e. The predicted octanol–water partition coefficient (Wildman–Crippen LogP) is 5.46. The van der Waals surface area contributed by atoms with Crippen LogP contribution in [0.25, 0.3) is 5.65 Å². The van der Waals surface area contributed by atoms with Crippen LogP contribution in [0.3, 0.4) is 0 Å². The third-order valence-electron chi connectivity index (χ3n) is 10.3. The topological polar surface area (TPSA) is 75.0 Å². The fourth-order valence-corrected chi connectivity index (χ4v) is 7.74. The Morgan fingerprint density at radius 1 is 1.18 bits per heavy atom. The molecule has 1 N–H and O–H groups in total. The lowest BCUT2D eigenvalue weighted by Crippen LogP contribution is -2.62. The Balaban J connectivity index is 1.13. The number of aromatic nitrogens is 3. The van der Waals surface area contributed by atoms with Crippen molar-refractivity contribution in [3.05, 3.63) is 52.9 Å². The molecule has 2 saturated heterocycles. The molecule has 3 aromatic rings. The Labute approximate surface area is 255 Å². The number of alkyl halides is 5. The molecule has 4 aliphatic rings. The minimum absolute atomic E-state index is 0.0112. The number of carbonyl (C=O) groups is 1. The maximum atomic E-state index is 15.4. The van der Waals surface area contributed by atoms with Gasteiger partial charge >= 0.3 is 6.18 Å². The molecule has 0 radical (unpaired) electrons. The van der Waals surface area contributed by atoms with Crippen molar-refractivity contribution in [2.75, 3.05) is 37.7 Å². The third kappa shape index (κ3) is 4.04. The molecular weight excluding hydrogens is 607 g/mol. The Bertz CT molecular complexity index is 1650. The minimum atomic E-state index is -4.63. The smallest absolute Gasteiger partial charge is 0.378 e. The van der Waals surface area contributed by atoms with Gasteiger partial charge in [0.05, 0.1) is 42.2 Å². The Morgan fingerprint density at radius 2 is 1.91 bits per heavy atom. The van der Waals surface area contributed by atoms with Gasteiger partial charge in [-0.3, -0.25) is 9.69 Å². The highest BCUT2D eigenvalue weighted by Gasteiger charge is 2.82. The summed E-state index contributed by atoms with van der Waals surface area (Å²) in [7, 11) is 0. The number of fused-ring (bicyclic) bond motifs is 4. The van der Waals surface area contributed by atoms with E-state index in [1.807, 2.05) is 6.92 Å². The molecular formula is C30H32ClF5N6O2. The highest BCUT2D eigenvalue weighted by Crippen LogP contribution is 2.71. The second-order valence-electron chi connectivity index (χ2n) is 13.2. The summed E-state index contributed by atoms with van der Waals surface area (Å²) < 4.78 is 81.1. The summed E-state index contributed by atoms with van der Waals surface area (Å²) in [6.45, 7) is 5.97. The van der Waals surface area contributed by atoms with Crippen molar-refractivity contribution in [1.29, 1.82) is 0 Å². The number of benzene rings is 1. The summed E-state index contributed by atoms with van der Waals surface area (Å²) in [4.78, 5) is 21.3. The predicted molar refractivity (Wildman–Crippen MR) is 153 cm³/mol. The van der Waals surface area contributed by atoms with Crippen LogP contribution < -0.4 is 10.2 Å². The van der Waals surface area contributed by atoms with Crippen molar-refractivity contribution in [2.45, 2.75) is 68.6 Å². The number of carbonyl (C=O) groups excluding carboxylic acids is 1. The van der Waals surface area contributed by atoms with E-state index in [0.717, 1.165) is 30.8 Å². The molecule has 1 saturated carbocycles. The number of nitrogens with one attached hydrogen (secondary N) is 1. The number of anilines is 2. The summed E-state index contributed by atoms with van der Waals surface area (Å²) in [6.07, 6.45) is -1.26. The van der Waals surface area contributed by atoms with Crippen molar-refractivity contribution in [1.82, 2.24) is 24.8 Å². The van der Waals surface area contributed by atoms with Crippen molar-refractivity contribution in [3.8, 4) is 0 Å². The minimum Gasteiger partial charge on any atom is -0.378 e. The van der Waals surface area contributed by atoms with E-state index in [-0.39, 0.29) is 40.3 Å². The average Bonchev–Trinajstić information content (AvgIpc) is 3.49. The largest absolute Gasteiger partial charge is 0.401 e. The molecule has 5 heterocycles. The summed E-state index contributed by atoms with van der Waals surface area (Å²) >= 11 is 5.99. The van der Waals surface area contributed by atoms with Gasteiger partial charge in [0.15, 0.2) is 10.8 Å². The second kappa shape index (κ2) is 9.49. The molecule has 2 aromatic heterocycles. The van der Waals surface area contributed by atoms with Crippen LogP contribution in [0.5, 0.6) is 0 Å². The van der Waals surface area contributed by atoms with E-state index >= 15 is 8.78 Å². The van der Waals surface area contributed by atoms with Gasteiger partial charge in [0.25, 0.3) is 5.92 Å². The SMILES string of the molecule is C[C@@]1(CNC(=O)[C@]2(C)[C@@H](c3ccc(N4C[C@@](C)(C(F)(F)F)c5c4cnc4cc(Cl)nn54)cc3)C2(F)F)COC[C@@H]2CCCN21. The zero-order valence-electron chi connectivity index (χ0n) is 24.4. The molecule has 14 heteroatoms. The van der Waals surface area contributed by atoms with Gasteiger partial charge in [-0.05, 0) is 57.9 Å². The highest BCUT2D eigenvalue weighted by molar-refractivity contribution is 6.29. The number of halogens is 6. The summed E-state index contributed by atoms with van der Waals surface area (Å²) in [6, 6.07) is 7.56. The van der Waals surface area contributed by atoms with E-state index in [1.165, 1.54) is 48.4 Å². The van der Waals surface area contributed by atoms with E-state index in [0.29, 0.717) is 18.9 Å². The number of amides is 1. The molecule has 44 heavy (non-hydrogen) atoms. The van der Waals surface area contributed by atoms with Crippen molar-refractivity contribution in [3.63, 3.8) is 0 Å². The van der Waals surface area contributed by atoms with Crippen LogP contribution >= 0.6 is 11.6 Å². The zero-order chi connectivity index (χ0) is 31.4. The van der Waals surface area contributed by atoms with Crippen molar-refractivity contribution in [2.24, 2.45) is 5.41 Å². The normalized spacial score (nSPS) is 33.0. The lowest BCUT2D eigenvalue weighted by molar-refractivity contribution is -0.181. The van der Waals surface area contributed by atoms with Crippen LogP contribution in [-0.2, 0) is 14.9 Å². The van der Waals surface area contributed by atoms with Crippen LogP contribution in [0.2, 0.25) is 5.15 Å². The lowest BCUT2D eigenvalue weighted by Gasteiger charge is -2.46. The lowest BCUT2D eigenvalue weighted by atomic mass is 9.87. The van der Waals surface area contributed by atoms with Gasteiger partial charge < -0.3 is 15.0 Å².